The zero-order valence-corrected chi connectivity index (χ0v) is 18.5. The third kappa shape index (κ3) is 4.87. The molecule has 0 saturated heterocycles. The topological polar surface area (TPSA) is 68.1 Å². The predicted octanol–water partition coefficient (Wildman–Crippen LogP) is 6.10. The molecule has 0 aliphatic carbocycles. The van der Waals surface area contributed by atoms with Crippen LogP contribution in [0.2, 0.25) is 0 Å². The number of hydrogen-bond donors (Lipinski definition) is 1. The molecular formula is C20H18BrNO4S2. The lowest BCUT2D eigenvalue weighted by Crippen LogP contribution is -2.12. The number of carbonyl (C=O) groups is 1. The number of esters is 1. The quantitative estimate of drug-likeness (QED) is 0.506. The van der Waals surface area contributed by atoms with Gasteiger partial charge in [0.25, 0.3) is 0 Å². The second kappa shape index (κ2) is 9.45. The van der Waals surface area contributed by atoms with Crippen molar-refractivity contribution in [1.82, 2.24) is 0 Å². The molecule has 0 amide bonds. The number of benzene rings is 1. The lowest BCUT2D eigenvalue weighted by Gasteiger charge is -2.05. The van der Waals surface area contributed by atoms with Crippen LogP contribution in [0.4, 0.5) is 5.69 Å². The van der Waals surface area contributed by atoms with Gasteiger partial charge in [0.05, 0.1) is 27.6 Å². The highest BCUT2D eigenvalue weighted by atomic mass is 79.9. The monoisotopic (exact) mass is 479 g/mol. The number of halogens is 1. The molecule has 1 aromatic heterocycles. The zero-order valence-electron chi connectivity index (χ0n) is 15.3. The number of aliphatic imine (C=N–C) groups is 1. The Morgan fingerprint density at radius 3 is 2.54 bits per heavy atom. The molecule has 2 aromatic rings. The summed E-state index contributed by atoms with van der Waals surface area (Å²) in [6, 6.07) is 11.1. The number of aliphatic hydroxyl groups excluding tert-OH is 1. The van der Waals surface area contributed by atoms with Crippen molar-refractivity contribution >= 4 is 61.8 Å². The minimum Gasteiger partial charge on any atom is -0.506 e. The maximum Gasteiger partial charge on any atom is 0.344 e. The van der Waals surface area contributed by atoms with Crippen molar-refractivity contribution in [2.45, 2.75) is 13.8 Å². The summed E-state index contributed by atoms with van der Waals surface area (Å²) < 4.78 is 11.5. The summed E-state index contributed by atoms with van der Waals surface area (Å²) in [5.74, 6) is 0.0454. The van der Waals surface area contributed by atoms with Gasteiger partial charge in [-0.1, -0.05) is 11.8 Å². The first-order chi connectivity index (χ1) is 13.5. The van der Waals surface area contributed by atoms with Crippen molar-refractivity contribution in [2.24, 2.45) is 4.99 Å². The molecule has 0 saturated carbocycles. The molecule has 1 aliphatic heterocycles. The molecule has 0 fully saturated rings. The van der Waals surface area contributed by atoms with Crippen molar-refractivity contribution in [3.63, 3.8) is 0 Å². The highest BCUT2D eigenvalue weighted by molar-refractivity contribution is 9.11. The first-order valence-electron chi connectivity index (χ1n) is 8.59. The third-order valence-corrected chi connectivity index (χ3v) is 6.21. The molecule has 1 aliphatic rings. The first kappa shape index (κ1) is 20.7. The summed E-state index contributed by atoms with van der Waals surface area (Å²) in [4.78, 5) is 18.5. The van der Waals surface area contributed by atoms with Gasteiger partial charge in [0.1, 0.15) is 22.1 Å². The van der Waals surface area contributed by atoms with Gasteiger partial charge in [-0.25, -0.2) is 9.79 Å². The van der Waals surface area contributed by atoms with Crippen LogP contribution in [0.25, 0.3) is 6.08 Å². The van der Waals surface area contributed by atoms with E-state index in [0.717, 1.165) is 14.4 Å². The lowest BCUT2D eigenvalue weighted by molar-refractivity contribution is -0.138. The molecule has 0 spiro atoms. The van der Waals surface area contributed by atoms with Crippen LogP contribution in [0.3, 0.4) is 0 Å². The fourth-order valence-electron chi connectivity index (χ4n) is 2.43. The van der Waals surface area contributed by atoms with Crippen molar-refractivity contribution in [1.29, 1.82) is 0 Å². The van der Waals surface area contributed by atoms with E-state index in [0.29, 0.717) is 22.2 Å². The number of rotatable bonds is 6. The van der Waals surface area contributed by atoms with E-state index in [-0.39, 0.29) is 17.9 Å². The van der Waals surface area contributed by atoms with Crippen molar-refractivity contribution in [2.75, 3.05) is 13.2 Å². The van der Waals surface area contributed by atoms with E-state index in [1.807, 2.05) is 37.3 Å². The molecule has 2 heterocycles. The molecule has 28 heavy (non-hydrogen) atoms. The summed E-state index contributed by atoms with van der Waals surface area (Å²) in [6.07, 6.45) is 1.83. The van der Waals surface area contributed by atoms with Crippen LogP contribution < -0.4 is 4.74 Å². The average molecular weight is 480 g/mol. The maximum atomic E-state index is 12.4. The van der Waals surface area contributed by atoms with Gasteiger partial charge in [0, 0.05) is 4.88 Å². The van der Waals surface area contributed by atoms with Crippen molar-refractivity contribution < 1.29 is 19.4 Å². The van der Waals surface area contributed by atoms with Crippen LogP contribution in [-0.2, 0) is 9.53 Å². The fourth-order valence-corrected chi connectivity index (χ4v) is 4.90. The van der Waals surface area contributed by atoms with Crippen LogP contribution in [0.1, 0.15) is 18.7 Å². The molecule has 146 valence electrons. The van der Waals surface area contributed by atoms with Crippen LogP contribution in [0.5, 0.6) is 5.75 Å². The Bertz CT molecular complexity index is 961. The molecule has 0 radical (unpaired) electrons. The molecule has 0 bridgehead atoms. The fraction of sp³-hybridized carbons (Fsp3) is 0.200. The molecule has 3 rings (SSSR count). The van der Waals surface area contributed by atoms with Gasteiger partial charge in [-0.3, -0.25) is 0 Å². The van der Waals surface area contributed by atoms with E-state index in [4.69, 9.17) is 9.47 Å². The summed E-state index contributed by atoms with van der Waals surface area (Å²) in [5, 5.41) is 11.1. The van der Waals surface area contributed by atoms with Crippen LogP contribution in [0.15, 0.2) is 61.4 Å². The second-order valence-electron chi connectivity index (χ2n) is 5.54. The standard InChI is InChI=1S/C20H18BrNO4S2/c1-3-25-13-7-5-12(6-8-13)22-19-17(20(24)26-4-2)18(23)15(28-19)11-14-9-10-16(21)27-14/h5-11,23H,3-4H2,1-2H3. The van der Waals surface area contributed by atoms with Gasteiger partial charge in [-0.2, -0.15) is 0 Å². The lowest BCUT2D eigenvalue weighted by atomic mass is 10.2. The predicted molar refractivity (Wildman–Crippen MR) is 119 cm³/mol. The number of thiophene rings is 1. The van der Waals surface area contributed by atoms with Gasteiger partial charge < -0.3 is 14.6 Å². The Balaban J connectivity index is 1.97. The summed E-state index contributed by atoms with van der Waals surface area (Å²) in [6.45, 7) is 4.44. The van der Waals surface area contributed by atoms with E-state index >= 15 is 0 Å². The minimum atomic E-state index is -0.590. The Hall–Kier alpha value is -2.03. The normalized spacial score (nSPS) is 16.8. The van der Waals surface area contributed by atoms with E-state index in [1.165, 1.54) is 23.1 Å². The maximum absolute atomic E-state index is 12.4. The van der Waals surface area contributed by atoms with E-state index < -0.39 is 5.97 Å². The smallest absolute Gasteiger partial charge is 0.344 e. The van der Waals surface area contributed by atoms with E-state index in [2.05, 4.69) is 20.9 Å². The molecule has 1 N–H and O–H groups in total. The van der Waals surface area contributed by atoms with E-state index in [1.54, 1.807) is 19.1 Å². The number of aliphatic hydroxyl groups is 1. The minimum absolute atomic E-state index is 0.0857. The Morgan fingerprint density at radius 1 is 1.18 bits per heavy atom. The van der Waals surface area contributed by atoms with Gasteiger partial charge in [-0.05, 0) is 72.3 Å². The second-order valence-corrected chi connectivity index (χ2v) is 9.07. The van der Waals surface area contributed by atoms with Gasteiger partial charge in [0.2, 0.25) is 0 Å². The number of nitrogens with zero attached hydrogens (tertiary/aromatic N) is 1. The van der Waals surface area contributed by atoms with Crippen LogP contribution in [-0.4, -0.2) is 29.3 Å². The molecule has 1 aromatic carbocycles. The van der Waals surface area contributed by atoms with Gasteiger partial charge in [0.15, 0.2) is 0 Å². The van der Waals surface area contributed by atoms with Crippen molar-refractivity contribution in [3.8, 4) is 5.75 Å². The number of thioether (sulfide) groups is 1. The van der Waals surface area contributed by atoms with Crippen LogP contribution >= 0.6 is 39.0 Å². The first-order valence-corrected chi connectivity index (χ1v) is 11.0. The molecule has 8 heteroatoms. The molecule has 5 nitrogen and oxygen atoms in total. The largest absolute Gasteiger partial charge is 0.506 e. The van der Waals surface area contributed by atoms with Gasteiger partial charge >= 0.3 is 5.97 Å². The number of carbonyl (C=O) groups excluding carboxylic acids is 1. The Kier molecular flexibility index (Phi) is 6.98. The summed E-state index contributed by atoms with van der Waals surface area (Å²) in [5.41, 5.74) is 0.739. The highest BCUT2D eigenvalue weighted by Gasteiger charge is 2.33. The summed E-state index contributed by atoms with van der Waals surface area (Å²) in [7, 11) is 0. The zero-order chi connectivity index (χ0) is 20.1. The van der Waals surface area contributed by atoms with Gasteiger partial charge in [-0.15, -0.1) is 11.3 Å². The van der Waals surface area contributed by atoms with Crippen LogP contribution in [0, 0.1) is 0 Å². The number of hydrogen-bond acceptors (Lipinski definition) is 7. The van der Waals surface area contributed by atoms with E-state index in [9.17, 15) is 9.90 Å². The molecule has 0 atom stereocenters. The number of ether oxygens (including phenoxy) is 2. The average Bonchev–Trinajstić information content (AvgIpc) is 3.20. The Labute approximate surface area is 179 Å². The molecule has 0 unspecified atom stereocenters. The van der Waals surface area contributed by atoms with Crippen molar-refractivity contribution in [3.05, 3.63) is 61.3 Å². The molecular weight excluding hydrogens is 462 g/mol. The Morgan fingerprint density at radius 2 is 1.93 bits per heavy atom. The SMILES string of the molecule is CCOC(=O)C1=C(O)C(=Cc2ccc(Br)s2)SC1=Nc1ccc(OCC)cc1. The highest BCUT2D eigenvalue weighted by Crippen LogP contribution is 2.41. The summed E-state index contributed by atoms with van der Waals surface area (Å²) >= 11 is 6.20. The third-order valence-electron chi connectivity index (χ3n) is 3.62.